The zero-order chi connectivity index (χ0) is 25.8. The Morgan fingerprint density at radius 1 is 0.946 bits per heavy atom. The summed E-state index contributed by atoms with van der Waals surface area (Å²) in [5.41, 5.74) is 2.29. The van der Waals surface area contributed by atoms with E-state index in [0.717, 1.165) is 5.56 Å². The topological polar surface area (TPSA) is 131 Å². The number of nitrogens with one attached hydrogen (secondary N) is 2. The molecule has 0 bridgehead atoms. The predicted molar refractivity (Wildman–Crippen MR) is 137 cm³/mol. The second-order valence-electron chi connectivity index (χ2n) is 8.09. The van der Waals surface area contributed by atoms with Crippen molar-refractivity contribution in [2.45, 2.75) is 11.4 Å². The van der Waals surface area contributed by atoms with Crippen LogP contribution in [0, 0.1) is 0 Å². The Morgan fingerprint density at radius 2 is 1.68 bits per heavy atom. The van der Waals surface area contributed by atoms with E-state index in [2.05, 4.69) is 20.0 Å². The summed E-state index contributed by atoms with van der Waals surface area (Å²) in [5, 5.41) is 2.74. The molecule has 1 aromatic heterocycles. The van der Waals surface area contributed by atoms with E-state index in [1.54, 1.807) is 29.2 Å². The van der Waals surface area contributed by atoms with E-state index in [9.17, 15) is 18.0 Å². The fourth-order valence-electron chi connectivity index (χ4n) is 3.74. The summed E-state index contributed by atoms with van der Waals surface area (Å²) in [7, 11) is -3.89. The van der Waals surface area contributed by atoms with Gasteiger partial charge in [-0.1, -0.05) is 30.3 Å². The summed E-state index contributed by atoms with van der Waals surface area (Å²) in [6, 6.07) is 21.7. The highest BCUT2D eigenvalue weighted by atomic mass is 32.2. The Morgan fingerprint density at radius 3 is 2.41 bits per heavy atom. The van der Waals surface area contributed by atoms with Gasteiger partial charge in [0.05, 0.1) is 17.1 Å². The number of aromatic nitrogens is 2. The minimum absolute atomic E-state index is 0.0108. The van der Waals surface area contributed by atoms with Gasteiger partial charge in [-0.3, -0.25) is 9.59 Å². The van der Waals surface area contributed by atoms with E-state index in [0.29, 0.717) is 29.2 Å². The van der Waals surface area contributed by atoms with Crippen LogP contribution >= 0.6 is 0 Å². The number of ether oxygens (including phenoxy) is 1. The molecule has 37 heavy (non-hydrogen) atoms. The second kappa shape index (κ2) is 10.1. The van der Waals surface area contributed by atoms with Gasteiger partial charge in [-0.25, -0.2) is 23.1 Å². The summed E-state index contributed by atoms with van der Waals surface area (Å²) >= 11 is 0. The van der Waals surface area contributed by atoms with Gasteiger partial charge in [0.2, 0.25) is 5.95 Å². The van der Waals surface area contributed by atoms with Gasteiger partial charge in [0, 0.05) is 23.6 Å². The summed E-state index contributed by atoms with van der Waals surface area (Å²) in [5.74, 6) is -0.196. The molecule has 0 radical (unpaired) electrons. The normalized spacial score (nSPS) is 12.9. The van der Waals surface area contributed by atoms with Crippen molar-refractivity contribution < 1.29 is 22.7 Å². The van der Waals surface area contributed by atoms with Crippen LogP contribution in [0.5, 0.6) is 5.75 Å². The number of nitrogens with zero attached hydrogens (tertiary/aromatic N) is 3. The molecule has 0 aliphatic carbocycles. The van der Waals surface area contributed by atoms with Crippen molar-refractivity contribution in [2.75, 3.05) is 21.5 Å². The first kappa shape index (κ1) is 23.9. The molecule has 2 amide bonds. The van der Waals surface area contributed by atoms with Crippen molar-refractivity contribution in [3.63, 3.8) is 0 Å². The van der Waals surface area contributed by atoms with Gasteiger partial charge in [-0.05, 0) is 54.1 Å². The van der Waals surface area contributed by atoms with Crippen molar-refractivity contribution in [1.29, 1.82) is 0 Å². The standard InChI is InChI=1S/C26H21N5O5S/c32-24-17-36-23-15-19(7-12-22(23)31(24)16-18-5-2-1-3-6-18)25(33)29-20-8-10-21(11-9-20)37(34,35)30-26-27-13-4-14-28-26/h1-15H,16-17H2,(H,29,33)(H,27,28,30). The van der Waals surface area contributed by atoms with Gasteiger partial charge < -0.3 is 15.0 Å². The maximum absolute atomic E-state index is 12.9. The summed E-state index contributed by atoms with van der Waals surface area (Å²) in [6.07, 6.45) is 2.85. The van der Waals surface area contributed by atoms with Crippen molar-refractivity contribution in [3.8, 4) is 5.75 Å². The highest BCUT2D eigenvalue weighted by Gasteiger charge is 2.26. The zero-order valence-corrected chi connectivity index (χ0v) is 20.2. The number of anilines is 3. The smallest absolute Gasteiger partial charge is 0.265 e. The van der Waals surface area contributed by atoms with Crippen molar-refractivity contribution in [2.24, 2.45) is 0 Å². The summed E-state index contributed by atoms with van der Waals surface area (Å²) < 4.78 is 33.0. The third-order valence-corrected chi connectivity index (χ3v) is 6.91. The van der Waals surface area contributed by atoms with E-state index in [-0.39, 0.29) is 23.4 Å². The van der Waals surface area contributed by atoms with Crippen molar-refractivity contribution in [3.05, 3.63) is 102 Å². The number of amides is 2. The number of hydrogen-bond donors (Lipinski definition) is 2. The fraction of sp³-hybridized carbons (Fsp3) is 0.0769. The quantitative estimate of drug-likeness (QED) is 0.385. The molecule has 0 fully saturated rings. The Labute approximate surface area is 213 Å². The highest BCUT2D eigenvalue weighted by Crippen LogP contribution is 2.34. The summed E-state index contributed by atoms with van der Waals surface area (Å²) in [4.78, 5) is 34.7. The first-order valence-electron chi connectivity index (χ1n) is 11.2. The number of benzene rings is 3. The molecule has 0 saturated carbocycles. The summed E-state index contributed by atoms with van der Waals surface area (Å²) in [6.45, 7) is 0.269. The molecule has 0 unspecified atom stereocenters. The Hall–Kier alpha value is -4.77. The number of carbonyl (C=O) groups excluding carboxylic acids is 2. The molecule has 0 spiro atoms. The van der Waals surface area contributed by atoms with E-state index < -0.39 is 15.9 Å². The van der Waals surface area contributed by atoms with Crippen molar-refractivity contribution >= 4 is 39.2 Å². The van der Waals surface area contributed by atoms with Crippen LogP contribution in [0.3, 0.4) is 0 Å². The van der Waals surface area contributed by atoms with Crippen LogP contribution in [-0.4, -0.2) is 36.8 Å². The molecule has 0 atom stereocenters. The number of sulfonamides is 1. The molecule has 5 rings (SSSR count). The first-order chi connectivity index (χ1) is 17.9. The molecule has 3 aromatic carbocycles. The number of rotatable bonds is 7. The molecule has 2 N–H and O–H groups in total. The maximum Gasteiger partial charge on any atom is 0.265 e. The lowest BCUT2D eigenvalue weighted by molar-refractivity contribution is -0.121. The van der Waals surface area contributed by atoms with Crippen LogP contribution < -0.4 is 19.7 Å². The van der Waals surface area contributed by atoms with E-state index in [1.165, 1.54) is 36.7 Å². The number of hydrogen-bond acceptors (Lipinski definition) is 7. The van der Waals surface area contributed by atoms with E-state index in [4.69, 9.17) is 4.74 Å². The number of carbonyl (C=O) groups is 2. The second-order valence-corrected chi connectivity index (χ2v) is 9.78. The minimum atomic E-state index is -3.89. The van der Waals surface area contributed by atoms with Crippen LogP contribution in [0.1, 0.15) is 15.9 Å². The fourth-order valence-corrected chi connectivity index (χ4v) is 4.69. The lowest BCUT2D eigenvalue weighted by Crippen LogP contribution is -2.38. The third-order valence-electron chi connectivity index (χ3n) is 5.56. The van der Waals surface area contributed by atoms with Crippen LogP contribution in [0.2, 0.25) is 0 Å². The molecule has 4 aromatic rings. The molecule has 1 aliphatic rings. The van der Waals surface area contributed by atoms with Crippen LogP contribution in [0.4, 0.5) is 17.3 Å². The van der Waals surface area contributed by atoms with Gasteiger partial charge in [0.15, 0.2) is 6.61 Å². The minimum Gasteiger partial charge on any atom is -0.482 e. The largest absolute Gasteiger partial charge is 0.482 e. The van der Waals surface area contributed by atoms with Crippen LogP contribution in [0.25, 0.3) is 0 Å². The van der Waals surface area contributed by atoms with Gasteiger partial charge in [-0.15, -0.1) is 0 Å². The Balaban J connectivity index is 1.29. The Bertz CT molecular complexity index is 1550. The van der Waals surface area contributed by atoms with E-state index in [1.807, 2.05) is 30.3 Å². The average Bonchev–Trinajstić information content (AvgIpc) is 2.91. The van der Waals surface area contributed by atoms with Gasteiger partial charge in [0.1, 0.15) is 5.75 Å². The van der Waals surface area contributed by atoms with Gasteiger partial charge in [0.25, 0.3) is 21.8 Å². The molecule has 2 heterocycles. The SMILES string of the molecule is O=C(Nc1ccc(S(=O)(=O)Nc2ncccn2)cc1)c1ccc2c(c1)OCC(=O)N2Cc1ccccc1. The average molecular weight is 516 g/mol. The molecular formula is C26H21N5O5S. The van der Waals surface area contributed by atoms with E-state index >= 15 is 0 Å². The molecule has 10 nitrogen and oxygen atoms in total. The van der Waals surface area contributed by atoms with Crippen LogP contribution in [0.15, 0.2) is 96.2 Å². The third kappa shape index (κ3) is 5.41. The Kier molecular flexibility index (Phi) is 6.52. The number of fused-ring (bicyclic) bond motifs is 1. The van der Waals surface area contributed by atoms with Gasteiger partial charge >= 0.3 is 0 Å². The molecule has 11 heteroatoms. The van der Waals surface area contributed by atoms with Crippen LogP contribution in [-0.2, 0) is 21.4 Å². The molecule has 0 saturated heterocycles. The van der Waals surface area contributed by atoms with Gasteiger partial charge in [-0.2, -0.15) is 0 Å². The lowest BCUT2D eigenvalue weighted by Gasteiger charge is -2.29. The molecular weight excluding hydrogens is 494 g/mol. The molecule has 1 aliphatic heterocycles. The predicted octanol–water partition coefficient (Wildman–Crippen LogP) is 3.46. The highest BCUT2D eigenvalue weighted by molar-refractivity contribution is 7.92. The monoisotopic (exact) mass is 515 g/mol. The first-order valence-corrected chi connectivity index (χ1v) is 12.7. The molecule has 186 valence electrons. The zero-order valence-electron chi connectivity index (χ0n) is 19.4. The maximum atomic E-state index is 12.9. The lowest BCUT2D eigenvalue weighted by atomic mass is 10.1. The van der Waals surface area contributed by atoms with Crippen molar-refractivity contribution in [1.82, 2.24) is 9.97 Å².